The lowest BCUT2D eigenvalue weighted by molar-refractivity contribution is -0.890. The van der Waals surface area contributed by atoms with E-state index in [-0.39, 0.29) is 0 Å². The number of carbonyl (C=O) groups is 1. The standard InChI is InChI=1S/C22H48N.C8H8O3/c1-5-7-9-11-13-15-17-19-21-23(3,4)22-20-18-16-14-12-10-8-6-2;9-7(8(10)11)6-4-2-1-3-5-6/h5-22H2,1-4H3;1-5,7,9H,(H,10,11)/q+1;/p-1/t;7-/m.0/s1. The number of hydrogen-bond donors (Lipinski definition) is 1. The summed E-state index contributed by atoms with van der Waals surface area (Å²) in [6.07, 6.45) is 21.5. The quantitative estimate of drug-likeness (QED) is 0.166. The summed E-state index contributed by atoms with van der Waals surface area (Å²) in [7, 11) is 4.87. The van der Waals surface area contributed by atoms with Crippen molar-refractivity contribution in [2.24, 2.45) is 0 Å². The Kier molecular flexibility index (Phi) is 21.2. The number of unbranched alkanes of at least 4 members (excludes halogenated alkanes) is 14. The Morgan fingerprint density at radius 3 is 1.41 bits per heavy atom. The lowest BCUT2D eigenvalue weighted by Crippen LogP contribution is -2.41. The minimum absolute atomic E-state index is 0.340. The molecule has 1 aromatic rings. The van der Waals surface area contributed by atoms with E-state index in [2.05, 4.69) is 27.9 Å². The molecule has 0 aliphatic heterocycles. The fraction of sp³-hybridized carbons (Fsp3) is 0.767. The van der Waals surface area contributed by atoms with Gasteiger partial charge in [0.1, 0.15) is 6.10 Å². The number of nitrogens with zero attached hydrogens (tertiary/aromatic N) is 1. The van der Waals surface area contributed by atoms with E-state index in [0.29, 0.717) is 5.56 Å². The number of aliphatic carboxylic acids is 1. The molecular weight excluding hydrogens is 422 g/mol. The predicted octanol–water partition coefficient (Wildman–Crippen LogP) is 6.81. The van der Waals surface area contributed by atoms with Gasteiger partial charge in [-0.15, -0.1) is 0 Å². The monoisotopic (exact) mass is 477 g/mol. The topological polar surface area (TPSA) is 60.4 Å². The van der Waals surface area contributed by atoms with Gasteiger partial charge in [-0.2, -0.15) is 0 Å². The average Bonchev–Trinajstić information content (AvgIpc) is 2.83. The van der Waals surface area contributed by atoms with Crippen LogP contribution >= 0.6 is 0 Å². The van der Waals surface area contributed by atoms with Crippen molar-refractivity contribution >= 4 is 5.97 Å². The van der Waals surface area contributed by atoms with Gasteiger partial charge < -0.3 is 19.5 Å². The number of hydrogen-bond acceptors (Lipinski definition) is 3. The summed E-state index contributed by atoms with van der Waals surface area (Å²) in [4.78, 5) is 10.1. The number of carboxylic acids is 1. The Morgan fingerprint density at radius 1 is 0.706 bits per heavy atom. The van der Waals surface area contributed by atoms with Gasteiger partial charge in [-0.25, -0.2) is 0 Å². The van der Waals surface area contributed by atoms with Crippen molar-refractivity contribution in [1.29, 1.82) is 0 Å². The zero-order chi connectivity index (χ0) is 25.5. The van der Waals surface area contributed by atoms with E-state index in [4.69, 9.17) is 5.11 Å². The fourth-order valence-corrected chi connectivity index (χ4v) is 4.23. The third-order valence-corrected chi connectivity index (χ3v) is 6.57. The summed E-state index contributed by atoms with van der Waals surface area (Å²) in [5.41, 5.74) is 0.340. The van der Waals surface area contributed by atoms with E-state index < -0.39 is 12.1 Å². The van der Waals surface area contributed by atoms with Gasteiger partial charge in [0.05, 0.1) is 33.2 Å². The largest absolute Gasteiger partial charge is 0.547 e. The number of quaternary nitrogens is 1. The van der Waals surface area contributed by atoms with Crippen LogP contribution in [0.5, 0.6) is 0 Å². The highest BCUT2D eigenvalue weighted by Crippen LogP contribution is 2.13. The second-order valence-electron chi connectivity index (χ2n) is 10.5. The number of carboxylic acid groups (broad SMARTS) is 1. The molecule has 1 rings (SSSR count). The molecule has 198 valence electrons. The van der Waals surface area contributed by atoms with E-state index in [0.717, 1.165) is 0 Å². The van der Waals surface area contributed by atoms with Crippen LogP contribution in [0.15, 0.2) is 30.3 Å². The molecule has 0 saturated carbocycles. The molecule has 0 unspecified atom stereocenters. The summed E-state index contributed by atoms with van der Waals surface area (Å²) >= 11 is 0. The van der Waals surface area contributed by atoms with Crippen LogP contribution in [0, 0.1) is 0 Å². The van der Waals surface area contributed by atoms with Crippen molar-refractivity contribution in [3.05, 3.63) is 35.9 Å². The van der Waals surface area contributed by atoms with Crippen LogP contribution < -0.4 is 5.11 Å². The first-order valence-corrected chi connectivity index (χ1v) is 14.1. The van der Waals surface area contributed by atoms with Gasteiger partial charge in [-0.1, -0.05) is 121 Å². The summed E-state index contributed by atoms with van der Waals surface area (Å²) in [5, 5.41) is 19.1. The van der Waals surface area contributed by atoms with E-state index in [1.54, 1.807) is 18.2 Å². The van der Waals surface area contributed by atoms with Gasteiger partial charge in [0.15, 0.2) is 0 Å². The van der Waals surface area contributed by atoms with Gasteiger partial charge in [0.2, 0.25) is 0 Å². The van der Waals surface area contributed by atoms with Crippen molar-refractivity contribution in [2.45, 2.75) is 123 Å². The van der Waals surface area contributed by atoms with E-state index in [1.807, 2.05) is 0 Å². The Morgan fingerprint density at radius 2 is 1.06 bits per heavy atom. The van der Waals surface area contributed by atoms with Crippen LogP contribution in [-0.2, 0) is 4.79 Å². The summed E-state index contributed by atoms with van der Waals surface area (Å²) in [6, 6.07) is 8.11. The molecule has 0 fully saturated rings. The van der Waals surface area contributed by atoms with E-state index >= 15 is 0 Å². The van der Waals surface area contributed by atoms with Crippen LogP contribution in [0.1, 0.15) is 128 Å². The third-order valence-electron chi connectivity index (χ3n) is 6.57. The lowest BCUT2D eigenvalue weighted by Gasteiger charge is -2.30. The lowest BCUT2D eigenvalue weighted by atomic mass is 10.1. The molecular formula is C30H55NO3. The summed E-state index contributed by atoms with van der Waals surface area (Å²) < 4.78 is 1.24. The normalized spacial score (nSPS) is 12.1. The van der Waals surface area contributed by atoms with Gasteiger partial charge >= 0.3 is 0 Å². The van der Waals surface area contributed by atoms with Crippen molar-refractivity contribution in [3.63, 3.8) is 0 Å². The molecule has 34 heavy (non-hydrogen) atoms. The first-order chi connectivity index (χ1) is 16.3. The Balaban J connectivity index is 0.000000818. The van der Waals surface area contributed by atoms with E-state index in [1.165, 1.54) is 132 Å². The van der Waals surface area contributed by atoms with E-state index in [9.17, 15) is 9.90 Å². The van der Waals surface area contributed by atoms with Gasteiger partial charge in [0, 0.05) is 0 Å². The van der Waals surface area contributed by atoms with Crippen LogP contribution in [-0.4, -0.2) is 42.7 Å². The second-order valence-corrected chi connectivity index (χ2v) is 10.5. The Hall–Kier alpha value is -1.39. The molecule has 0 radical (unpaired) electrons. The molecule has 4 heteroatoms. The molecule has 0 saturated heterocycles. The number of rotatable bonds is 20. The highest BCUT2D eigenvalue weighted by molar-refractivity contribution is 5.71. The maximum Gasteiger partial charge on any atom is 0.118 e. The van der Waals surface area contributed by atoms with Crippen LogP contribution in [0.25, 0.3) is 0 Å². The SMILES string of the molecule is CCCCCCCCCC[N+](C)(C)CCCCCCCCCC.O=C([O-])[C@@H](O)c1ccccc1. The smallest absolute Gasteiger partial charge is 0.118 e. The number of aliphatic hydroxyl groups is 1. The first kappa shape index (κ1) is 32.6. The first-order valence-electron chi connectivity index (χ1n) is 14.1. The molecule has 0 aliphatic rings. The third kappa shape index (κ3) is 20.0. The maximum absolute atomic E-state index is 10.1. The highest BCUT2D eigenvalue weighted by Gasteiger charge is 2.13. The molecule has 0 spiro atoms. The van der Waals surface area contributed by atoms with Crippen molar-refractivity contribution in [3.8, 4) is 0 Å². The molecule has 1 aromatic carbocycles. The molecule has 4 nitrogen and oxygen atoms in total. The molecule has 0 heterocycles. The van der Waals surface area contributed by atoms with Crippen LogP contribution in [0.4, 0.5) is 0 Å². The minimum Gasteiger partial charge on any atom is -0.547 e. The Labute approximate surface area is 211 Å². The van der Waals surface area contributed by atoms with Crippen LogP contribution in [0.2, 0.25) is 0 Å². The molecule has 0 aliphatic carbocycles. The predicted molar refractivity (Wildman–Crippen MR) is 143 cm³/mol. The Bertz CT molecular complexity index is 552. The highest BCUT2D eigenvalue weighted by atomic mass is 16.4. The second kappa shape index (κ2) is 22.1. The molecule has 1 atom stereocenters. The van der Waals surface area contributed by atoms with Crippen molar-refractivity contribution in [2.75, 3.05) is 27.2 Å². The number of benzene rings is 1. The van der Waals surface area contributed by atoms with Crippen molar-refractivity contribution < 1.29 is 19.5 Å². The number of carbonyl (C=O) groups excluding carboxylic acids is 1. The molecule has 0 amide bonds. The molecule has 0 aromatic heterocycles. The van der Waals surface area contributed by atoms with Crippen molar-refractivity contribution in [1.82, 2.24) is 0 Å². The molecule has 0 bridgehead atoms. The zero-order valence-corrected chi connectivity index (χ0v) is 22.9. The van der Waals surface area contributed by atoms with Crippen LogP contribution in [0.3, 0.4) is 0 Å². The van der Waals surface area contributed by atoms with Gasteiger partial charge in [0.25, 0.3) is 0 Å². The van der Waals surface area contributed by atoms with Gasteiger partial charge in [-0.05, 0) is 31.2 Å². The average molecular weight is 478 g/mol. The summed E-state index contributed by atoms with van der Waals surface area (Å²) in [6.45, 7) is 7.36. The number of aliphatic hydroxyl groups excluding tert-OH is 1. The minimum atomic E-state index is -1.52. The fourth-order valence-electron chi connectivity index (χ4n) is 4.23. The maximum atomic E-state index is 10.1. The van der Waals surface area contributed by atoms with Gasteiger partial charge in [-0.3, -0.25) is 0 Å². The zero-order valence-electron chi connectivity index (χ0n) is 22.9. The molecule has 1 N–H and O–H groups in total. The summed E-state index contributed by atoms with van der Waals surface area (Å²) in [5.74, 6) is -1.48.